The molecule has 0 aliphatic carbocycles. The molecule has 21 heavy (non-hydrogen) atoms. The molecular formula is C16H23NO3S. The highest BCUT2D eigenvalue weighted by Gasteiger charge is 2.27. The third kappa shape index (κ3) is 4.07. The lowest BCUT2D eigenvalue weighted by Gasteiger charge is -2.26. The van der Waals surface area contributed by atoms with Gasteiger partial charge >= 0.3 is 0 Å². The molecule has 0 aliphatic heterocycles. The Balaban J connectivity index is 3.37. The molecule has 0 unspecified atom stereocenters. The van der Waals surface area contributed by atoms with Gasteiger partial charge in [-0.15, -0.1) is 0 Å². The van der Waals surface area contributed by atoms with E-state index in [4.69, 9.17) is 5.11 Å². The van der Waals surface area contributed by atoms with Crippen LogP contribution in [0.2, 0.25) is 0 Å². The fraction of sp³-hybridized carbons (Fsp3) is 0.500. The van der Waals surface area contributed by atoms with E-state index in [2.05, 4.69) is 11.8 Å². The van der Waals surface area contributed by atoms with Crippen LogP contribution < -0.4 is 0 Å². The number of sulfonamides is 1. The second-order valence-electron chi connectivity index (χ2n) is 4.95. The summed E-state index contributed by atoms with van der Waals surface area (Å²) in [4.78, 5) is 0.198. The maximum absolute atomic E-state index is 12.8. The lowest BCUT2D eigenvalue weighted by molar-refractivity contribution is 0.349. The maximum atomic E-state index is 12.8. The summed E-state index contributed by atoms with van der Waals surface area (Å²) in [5.41, 5.74) is 1.36. The van der Waals surface area contributed by atoms with E-state index >= 15 is 0 Å². The molecule has 5 heteroatoms. The van der Waals surface area contributed by atoms with Gasteiger partial charge < -0.3 is 5.11 Å². The molecule has 0 heterocycles. The smallest absolute Gasteiger partial charge is 0.244 e. The molecular weight excluding hydrogens is 286 g/mol. The van der Waals surface area contributed by atoms with Crippen LogP contribution in [0.3, 0.4) is 0 Å². The predicted molar refractivity (Wildman–Crippen MR) is 84.5 cm³/mol. The van der Waals surface area contributed by atoms with E-state index in [1.54, 1.807) is 25.2 Å². The minimum atomic E-state index is -3.59. The second kappa shape index (κ2) is 7.60. The normalized spacial score (nSPS) is 11.6. The van der Waals surface area contributed by atoms with Gasteiger partial charge in [0.25, 0.3) is 0 Å². The molecule has 0 amide bonds. The summed E-state index contributed by atoms with van der Waals surface area (Å²) in [5.74, 6) is 5.26. The summed E-state index contributed by atoms with van der Waals surface area (Å²) in [6, 6.07) is 5.05. The fourth-order valence-corrected chi connectivity index (χ4v) is 3.88. The average molecular weight is 309 g/mol. The molecule has 0 fully saturated rings. The number of nitrogens with zero attached hydrogens (tertiary/aromatic N) is 1. The first-order valence-electron chi connectivity index (χ1n) is 7.06. The molecule has 0 radical (unpaired) electrons. The van der Waals surface area contributed by atoms with Crippen LogP contribution in [0.5, 0.6) is 0 Å². The van der Waals surface area contributed by atoms with Crippen LogP contribution in [-0.4, -0.2) is 37.5 Å². The van der Waals surface area contributed by atoms with Crippen molar-refractivity contribution in [3.8, 4) is 11.8 Å². The van der Waals surface area contributed by atoms with Crippen molar-refractivity contribution < 1.29 is 13.5 Å². The Morgan fingerprint density at radius 3 is 2.43 bits per heavy atom. The highest BCUT2D eigenvalue weighted by atomic mass is 32.2. The lowest BCUT2D eigenvalue weighted by Crippen LogP contribution is -2.36. The molecule has 1 aromatic carbocycles. The second-order valence-corrected chi connectivity index (χ2v) is 6.92. The lowest BCUT2D eigenvalue weighted by atomic mass is 10.1. The van der Waals surface area contributed by atoms with Crippen molar-refractivity contribution >= 4 is 10.0 Å². The van der Waals surface area contributed by atoms with E-state index in [1.165, 1.54) is 4.31 Å². The number of aryl methyl sites for hydroxylation is 1. The number of hydrogen-bond acceptors (Lipinski definition) is 3. The Kier molecular flexibility index (Phi) is 6.41. The third-order valence-electron chi connectivity index (χ3n) is 3.55. The Morgan fingerprint density at radius 1 is 1.29 bits per heavy atom. The van der Waals surface area contributed by atoms with Gasteiger partial charge in [-0.3, -0.25) is 0 Å². The van der Waals surface area contributed by atoms with Gasteiger partial charge in [0.2, 0.25) is 10.0 Å². The Hall–Kier alpha value is -1.35. The molecule has 116 valence electrons. The van der Waals surface area contributed by atoms with Crippen molar-refractivity contribution in [1.82, 2.24) is 4.31 Å². The van der Waals surface area contributed by atoms with E-state index < -0.39 is 10.0 Å². The van der Waals surface area contributed by atoms with Crippen LogP contribution in [0.25, 0.3) is 0 Å². The molecule has 1 rings (SSSR count). The van der Waals surface area contributed by atoms with E-state index in [0.29, 0.717) is 5.56 Å². The van der Waals surface area contributed by atoms with Crippen LogP contribution in [0.15, 0.2) is 23.1 Å². The molecule has 4 nitrogen and oxygen atoms in total. The summed E-state index contributed by atoms with van der Waals surface area (Å²) in [5, 5.41) is 8.83. The largest absolute Gasteiger partial charge is 0.384 e. The summed E-state index contributed by atoms with van der Waals surface area (Å²) in [6.07, 6.45) is 1.52. The Bertz CT molecular complexity index is 637. The van der Waals surface area contributed by atoms with Gasteiger partial charge in [0, 0.05) is 18.7 Å². The first-order chi connectivity index (χ1) is 9.88. The predicted octanol–water partition coefficient (Wildman–Crippen LogP) is 2.15. The topological polar surface area (TPSA) is 57.6 Å². The Labute approximate surface area is 127 Å². The van der Waals surface area contributed by atoms with Gasteiger partial charge in [-0.25, -0.2) is 8.42 Å². The molecule has 0 aromatic heterocycles. The summed E-state index contributed by atoms with van der Waals surface area (Å²) >= 11 is 0. The SMILES string of the molecule is CCC(CC)N(C)S(=O)(=O)c1ccc(C)cc1C#CCO. The zero-order chi connectivity index (χ0) is 16.0. The molecule has 0 bridgehead atoms. The fourth-order valence-electron chi connectivity index (χ4n) is 2.26. The van der Waals surface area contributed by atoms with Gasteiger partial charge in [0.15, 0.2) is 0 Å². The minimum absolute atomic E-state index is 0.0324. The standard InChI is InChI=1S/C16H23NO3S/c1-5-15(6-2)17(4)21(19,20)16-10-9-13(3)12-14(16)8-7-11-18/h9-10,12,15,18H,5-6,11H2,1-4H3. The molecule has 0 saturated heterocycles. The summed E-state index contributed by atoms with van der Waals surface area (Å²) < 4.78 is 27.0. The van der Waals surface area contributed by atoms with E-state index in [9.17, 15) is 8.42 Å². The maximum Gasteiger partial charge on any atom is 0.244 e. The molecule has 0 aliphatic rings. The summed E-state index contributed by atoms with van der Waals surface area (Å²) in [6.45, 7) is 5.53. The van der Waals surface area contributed by atoms with Crippen LogP contribution in [0, 0.1) is 18.8 Å². The zero-order valence-corrected chi connectivity index (χ0v) is 13.9. The third-order valence-corrected chi connectivity index (χ3v) is 5.52. The Morgan fingerprint density at radius 2 is 1.90 bits per heavy atom. The van der Waals surface area contributed by atoms with Crippen LogP contribution in [0.1, 0.15) is 37.8 Å². The van der Waals surface area contributed by atoms with Crippen molar-refractivity contribution in [2.45, 2.75) is 44.6 Å². The minimum Gasteiger partial charge on any atom is -0.384 e. The molecule has 0 spiro atoms. The van der Waals surface area contributed by atoms with Gasteiger partial charge in [-0.2, -0.15) is 4.31 Å². The zero-order valence-electron chi connectivity index (χ0n) is 13.0. The first-order valence-corrected chi connectivity index (χ1v) is 8.50. The number of aliphatic hydroxyl groups excluding tert-OH is 1. The van der Waals surface area contributed by atoms with Gasteiger partial charge in [0.1, 0.15) is 6.61 Å². The van der Waals surface area contributed by atoms with Crippen molar-refractivity contribution in [1.29, 1.82) is 0 Å². The van der Waals surface area contributed by atoms with Crippen molar-refractivity contribution in [2.24, 2.45) is 0 Å². The van der Waals surface area contributed by atoms with Gasteiger partial charge in [-0.05, 0) is 37.5 Å². The first kappa shape index (κ1) is 17.7. The van der Waals surface area contributed by atoms with Gasteiger partial charge in [-0.1, -0.05) is 31.8 Å². The number of aliphatic hydroxyl groups is 1. The molecule has 1 aromatic rings. The van der Waals surface area contributed by atoms with E-state index in [-0.39, 0.29) is 17.5 Å². The quantitative estimate of drug-likeness (QED) is 0.848. The summed E-state index contributed by atoms with van der Waals surface area (Å²) in [7, 11) is -1.98. The van der Waals surface area contributed by atoms with Crippen molar-refractivity contribution in [3.05, 3.63) is 29.3 Å². The average Bonchev–Trinajstić information content (AvgIpc) is 2.46. The van der Waals surface area contributed by atoms with Crippen LogP contribution in [0.4, 0.5) is 0 Å². The molecule has 1 N–H and O–H groups in total. The van der Waals surface area contributed by atoms with Gasteiger partial charge in [0.05, 0.1) is 4.90 Å². The van der Waals surface area contributed by atoms with Crippen molar-refractivity contribution in [2.75, 3.05) is 13.7 Å². The number of benzene rings is 1. The van der Waals surface area contributed by atoms with Crippen molar-refractivity contribution in [3.63, 3.8) is 0 Å². The molecule has 0 atom stereocenters. The highest BCUT2D eigenvalue weighted by molar-refractivity contribution is 7.89. The number of rotatable bonds is 5. The monoisotopic (exact) mass is 309 g/mol. The highest BCUT2D eigenvalue weighted by Crippen LogP contribution is 2.23. The van der Waals surface area contributed by atoms with E-state index in [0.717, 1.165) is 18.4 Å². The van der Waals surface area contributed by atoms with Crippen LogP contribution in [-0.2, 0) is 10.0 Å². The number of hydrogen-bond donors (Lipinski definition) is 1. The van der Waals surface area contributed by atoms with E-state index in [1.807, 2.05) is 20.8 Å². The van der Waals surface area contributed by atoms with Crippen LogP contribution >= 0.6 is 0 Å². The molecule has 0 saturated carbocycles.